The highest BCUT2D eigenvalue weighted by Crippen LogP contribution is 2.34. The van der Waals surface area contributed by atoms with Gasteiger partial charge in [-0.2, -0.15) is 0 Å². The predicted octanol–water partition coefficient (Wildman–Crippen LogP) is 1.96. The Bertz CT molecular complexity index is 439. The second-order valence-electron chi connectivity index (χ2n) is 5.37. The predicted molar refractivity (Wildman–Crippen MR) is 81.2 cm³/mol. The van der Waals surface area contributed by atoms with Gasteiger partial charge in [0.15, 0.2) is 0 Å². The van der Waals surface area contributed by atoms with Crippen LogP contribution in [0.5, 0.6) is 17.2 Å². The number of aliphatic hydroxyl groups excluding tert-OH is 1. The van der Waals surface area contributed by atoms with Crippen LogP contribution in [0, 0.1) is 5.92 Å². The van der Waals surface area contributed by atoms with Crippen molar-refractivity contribution in [2.45, 2.75) is 31.8 Å². The maximum absolute atomic E-state index is 9.40. The number of benzene rings is 1. The molecule has 1 aromatic rings. The van der Waals surface area contributed by atoms with Crippen LogP contribution in [0.25, 0.3) is 0 Å². The van der Waals surface area contributed by atoms with Crippen LogP contribution >= 0.6 is 0 Å². The van der Waals surface area contributed by atoms with Gasteiger partial charge >= 0.3 is 0 Å². The normalized spacial score (nSPS) is 21.3. The maximum atomic E-state index is 9.40. The van der Waals surface area contributed by atoms with Gasteiger partial charge in [0, 0.05) is 31.3 Å². The molecule has 2 rings (SSSR count). The number of ether oxygens (including phenoxy) is 3. The van der Waals surface area contributed by atoms with Gasteiger partial charge in [0.05, 0.1) is 26.9 Å². The summed E-state index contributed by atoms with van der Waals surface area (Å²) in [5.41, 5.74) is 0.976. The van der Waals surface area contributed by atoms with Crippen molar-refractivity contribution in [3.8, 4) is 17.2 Å². The van der Waals surface area contributed by atoms with Crippen molar-refractivity contribution in [3.05, 3.63) is 17.7 Å². The van der Waals surface area contributed by atoms with Crippen molar-refractivity contribution in [2.24, 2.45) is 5.92 Å². The lowest BCUT2D eigenvalue weighted by Gasteiger charge is -2.21. The van der Waals surface area contributed by atoms with E-state index >= 15 is 0 Å². The Morgan fingerprint density at radius 1 is 1.10 bits per heavy atom. The molecule has 1 saturated carbocycles. The molecule has 0 bridgehead atoms. The van der Waals surface area contributed by atoms with Crippen LogP contribution in [0.4, 0.5) is 0 Å². The molecule has 0 saturated heterocycles. The Balaban J connectivity index is 2.14. The average Bonchev–Trinajstić information content (AvgIpc) is 2.99. The number of hydrogen-bond acceptors (Lipinski definition) is 5. The maximum Gasteiger partial charge on any atom is 0.130 e. The SMILES string of the molecule is COc1cc(OC)c(CNC2CCCC2CO)c(OC)c1. The molecule has 0 spiro atoms. The molecule has 0 aromatic heterocycles. The molecular formula is C16H25NO4. The van der Waals surface area contributed by atoms with E-state index in [1.54, 1.807) is 21.3 Å². The second-order valence-corrected chi connectivity index (χ2v) is 5.37. The average molecular weight is 295 g/mol. The molecule has 1 aromatic carbocycles. The zero-order valence-electron chi connectivity index (χ0n) is 13.0. The lowest BCUT2D eigenvalue weighted by Crippen LogP contribution is -2.33. The summed E-state index contributed by atoms with van der Waals surface area (Å²) < 4.78 is 16.2. The summed E-state index contributed by atoms with van der Waals surface area (Å²) in [5, 5.41) is 12.9. The minimum Gasteiger partial charge on any atom is -0.496 e. The van der Waals surface area contributed by atoms with Crippen molar-refractivity contribution in [1.29, 1.82) is 0 Å². The molecule has 0 aliphatic heterocycles. The minimum atomic E-state index is 0.245. The molecule has 0 radical (unpaired) electrons. The van der Waals surface area contributed by atoms with Gasteiger partial charge in [-0.15, -0.1) is 0 Å². The van der Waals surface area contributed by atoms with Crippen LogP contribution in [0.2, 0.25) is 0 Å². The van der Waals surface area contributed by atoms with Crippen LogP contribution < -0.4 is 19.5 Å². The molecule has 2 atom stereocenters. The fourth-order valence-corrected chi connectivity index (χ4v) is 3.01. The fraction of sp³-hybridized carbons (Fsp3) is 0.625. The summed E-state index contributed by atoms with van der Waals surface area (Å²) in [6.45, 7) is 0.895. The fourth-order valence-electron chi connectivity index (χ4n) is 3.01. The lowest BCUT2D eigenvalue weighted by molar-refractivity contribution is 0.204. The highest BCUT2D eigenvalue weighted by atomic mass is 16.5. The van der Waals surface area contributed by atoms with Gasteiger partial charge in [-0.25, -0.2) is 0 Å². The highest BCUT2D eigenvalue weighted by Gasteiger charge is 2.26. The molecule has 118 valence electrons. The number of nitrogens with one attached hydrogen (secondary N) is 1. The Kier molecular flexibility index (Phi) is 5.70. The van der Waals surface area contributed by atoms with E-state index < -0.39 is 0 Å². The third-order valence-electron chi connectivity index (χ3n) is 4.25. The summed E-state index contributed by atoms with van der Waals surface area (Å²) in [6.07, 6.45) is 3.36. The van der Waals surface area contributed by atoms with Gasteiger partial charge in [0.25, 0.3) is 0 Å². The van der Waals surface area contributed by atoms with Crippen molar-refractivity contribution < 1.29 is 19.3 Å². The van der Waals surface area contributed by atoms with Crippen LogP contribution in [0.15, 0.2) is 12.1 Å². The lowest BCUT2D eigenvalue weighted by atomic mass is 10.0. The third-order valence-corrected chi connectivity index (χ3v) is 4.25. The third kappa shape index (κ3) is 3.60. The topological polar surface area (TPSA) is 60.0 Å². The summed E-state index contributed by atoms with van der Waals surface area (Å²) in [4.78, 5) is 0. The molecule has 0 amide bonds. The molecule has 21 heavy (non-hydrogen) atoms. The van der Waals surface area contributed by atoms with Crippen molar-refractivity contribution >= 4 is 0 Å². The van der Waals surface area contributed by atoms with E-state index in [1.807, 2.05) is 12.1 Å². The van der Waals surface area contributed by atoms with Crippen molar-refractivity contribution in [2.75, 3.05) is 27.9 Å². The smallest absolute Gasteiger partial charge is 0.130 e. The number of hydrogen-bond donors (Lipinski definition) is 2. The quantitative estimate of drug-likeness (QED) is 0.805. The molecule has 0 heterocycles. The molecule has 1 fully saturated rings. The minimum absolute atomic E-state index is 0.245. The molecule has 5 heteroatoms. The first-order valence-electron chi connectivity index (χ1n) is 7.36. The summed E-state index contributed by atoms with van der Waals surface area (Å²) >= 11 is 0. The summed E-state index contributed by atoms with van der Waals surface area (Å²) in [6, 6.07) is 4.07. The molecule has 5 nitrogen and oxygen atoms in total. The van der Waals surface area contributed by atoms with E-state index in [0.717, 1.165) is 29.9 Å². The van der Waals surface area contributed by atoms with E-state index in [-0.39, 0.29) is 6.61 Å². The summed E-state index contributed by atoms with van der Waals surface area (Å²) in [7, 11) is 4.91. The number of methoxy groups -OCH3 is 3. The second kappa shape index (κ2) is 7.52. The van der Waals surface area contributed by atoms with Gasteiger partial charge in [-0.1, -0.05) is 6.42 Å². The van der Waals surface area contributed by atoms with Gasteiger partial charge in [0.1, 0.15) is 17.2 Å². The largest absolute Gasteiger partial charge is 0.496 e. The van der Waals surface area contributed by atoms with Crippen LogP contribution in [0.1, 0.15) is 24.8 Å². The number of aliphatic hydroxyl groups is 1. The highest BCUT2D eigenvalue weighted by molar-refractivity contribution is 5.50. The monoisotopic (exact) mass is 295 g/mol. The first-order valence-corrected chi connectivity index (χ1v) is 7.36. The van der Waals surface area contributed by atoms with Crippen LogP contribution in [-0.2, 0) is 6.54 Å². The molecule has 1 aliphatic carbocycles. The Labute approximate surface area is 126 Å². The zero-order valence-corrected chi connectivity index (χ0v) is 13.0. The summed E-state index contributed by atoms with van der Waals surface area (Å²) in [5.74, 6) is 2.55. The number of rotatable bonds is 7. The van der Waals surface area contributed by atoms with E-state index in [9.17, 15) is 5.11 Å². The standard InChI is InChI=1S/C16H25NO4/c1-19-12-7-15(20-2)13(16(8-12)21-3)9-17-14-6-4-5-11(14)10-18/h7-8,11,14,17-18H,4-6,9-10H2,1-3H3. The Hall–Kier alpha value is -1.46. The van der Waals surface area contributed by atoms with E-state index in [4.69, 9.17) is 14.2 Å². The first kappa shape index (κ1) is 15.9. The van der Waals surface area contributed by atoms with Crippen LogP contribution in [-0.4, -0.2) is 39.1 Å². The zero-order chi connectivity index (χ0) is 15.2. The molecule has 2 N–H and O–H groups in total. The first-order chi connectivity index (χ1) is 10.2. The van der Waals surface area contributed by atoms with Crippen molar-refractivity contribution in [1.82, 2.24) is 5.32 Å². The Morgan fingerprint density at radius 2 is 1.76 bits per heavy atom. The molecule has 1 aliphatic rings. The van der Waals surface area contributed by atoms with Gasteiger partial charge in [-0.05, 0) is 18.8 Å². The van der Waals surface area contributed by atoms with E-state index in [2.05, 4.69) is 5.32 Å². The van der Waals surface area contributed by atoms with Crippen LogP contribution in [0.3, 0.4) is 0 Å². The van der Waals surface area contributed by atoms with Crippen molar-refractivity contribution in [3.63, 3.8) is 0 Å². The van der Waals surface area contributed by atoms with Gasteiger partial charge in [0.2, 0.25) is 0 Å². The Morgan fingerprint density at radius 3 is 2.29 bits per heavy atom. The molecule has 2 unspecified atom stereocenters. The van der Waals surface area contributed by atoms with Gasteiger partial charge < -0.3 is 24.6 Å². The van der Waals surface area contributed by atoms with Gasteiger partial charge in [-0.3, -0.25) is 0 Å². The molecular weight excluding hydrogens is 270 g/mol. The van der Waals surface area contributed by atoms with E-state index in [0.29, 0.717) is 24.3 Å². The van der Waals surface area contributed by atoms with E-state index in [1.165, 1.54) is 6.42 Å².